The van der Waals surface area contributed by atoms with Crippen molar-refractivity contribution in [3.63, 3.8) is 0 Å². The highest BCUT2D eigenvalue weighted by Crippen LogP contribution is 2.17. The minimum Gasteiger partial charge on any atom is -0.347 e. The summed E-state index contributed by atoms with van der Waals surface area (Å²) in [5.41, 5.74) is 0.248. The Kier molecular flexibility index (Phi) is 4.22. The molecular formula is C14H21N3O3S. The lowest BCUT2D eigenvalue weighted by Crippen LogP contribution is -2.45. The Labute approximate surface area is 125 Å². The van der Waals surface area contributed by atoms with E-state index in [1.165, 1.54) is 0 Å². The van der Waals surface area contributed by atoms with Gasteiger partial charge in [0.1, 0.15) is 5.84 Å². The molecular weight excluding hydrogens is 290 g/mol. The summed E-state index contributed by atoms with van der Waals surface area (Å²) in [6.07, 6.45) is 6.71. The molecule has 0 saturated carbocycles. The van der Waals surface area contributed by atoms with Crippen LogP contribution in [-0.2, 0) is 14.8 Å². The van der Waals surface area contributed by atoms with Gasteiger partial charge in [0.05, 0.1) is 11.3 Å². The molecule has 0 aromatic carbocycles. The molecule has 0 radical (unpaired) electrons. The first kappa shape index (κ1) is 15.8. The van der Waals surface area contributed by atoms with Crippen molar-refractivity contribution in [2.45, 2.75) is 39.2 Å². The van der Waals surface area contributed by atoms with E-state index in [1.54, 1.807) is 23.3 Å². The fourth-order valence-electron chi connectivity index (χ4n) is 2.40. The van der Waals surface area contributed by atoms with Gasteiger partial charge in [0.25, 0.3) is 15.9 Å². The van der Waals surface area contributed by atoms with Crippen LogP contribution in [0.25, 0.3) is 0 Å². The number of rotatable bonds is 4. The minimum absolute atomic E-state index is 0.0307. The molecule has 0 atom stereocenters. The molecule has 0 fully saturated rings. The van der Waals surface area contributed by atoms with Crippen LogP contribution in [0.5, 0.6) is 0 Å². The summed E-state index contributed by atoms with van der Waals surface area (Å²) in [6.45, 7) is 6.37. The number of hydrogen-bond acceptors (Lipinski definition) is 4. The Bertz CT molecular complexity index is 630. The molecule has 1 N–H and O–H groups in total. The minimum atomic E-state index is -3.36. The highest BCUT2D eigenvalue weighted by molar-refractivity contribution is 7.90. The number of carbonyl (C=O) groups is 1. The Hall–Kier alpha value is -1.63. The third-order valence-electron chi connectivity index (χ3n) is 3.41. The number of fused-ring (bicyclic) bond motifs is 1. The molecule has 6 nitrogen and oxygen atoms in total. The number of amidine groups is 1. The van der Waals surface area contributed by atoms with Crippen molar-refractivity contribution in [1.82, 2.24) is 10.2 Å². The third kappa shape index (κ3) is 3.93. The molecule has 0 aliphatic carbocycles. The highest BCUT2D eigenvalue weighted by atomic mass is 32.2. The zero-order valence-electron chi connectivity index (χ0n) is 12.6. The van der Waals surface area contributed by atoms with Crippen LogP contribution in [0.1, 0.15) is 33.6 Å². The fourth-order valence-corrected chi connectivity index (χ4v) is 3.37. The second-order valence-corrected chi connectivity index (χ2v) is 7.69. The van der Waals surface area contributed by atoms with E-state index in [9.17, 15) is 13.2 Å². The lowest BCUT2D eigenvalue weighted by atomic mass is 9.98. The number of amides is 1. The van der Waals surface area contributed by atoms with E-state index < -0.39 is 10.0 Å². The van der Waals surface area contributed by atoms with Gasteiger partial charge in [0, 0.05) is 18.3 Å². The molecule has 2 heterocycles. The number of carbonyl (C=O) groups excluding carboxylic acids is 1. The van der Waals surface area contributed by atoms with Crippen LogP contribution in [0.4, 0.5) is 0 Å². The van der Waals surface area contributed by atoms with E-state index in [-0.39, 0.29) is 17.2 Å². The number of sulfonamides is 1. The predicted octanol–water partition coefficient (Wildman–Crippen LogP) is 1.18. The predicted molar refractivity (Wildman–Crippen MR) is 82.3 cm³/mol. The van der Waals surface area contributed by atoms with Crippen LogP contribution in [-0.4, -0.2) is 42.9 Å². The molecule has 0 saturated heterocycles. The summed E-state index contributed by atoms with van der Waals surface area (Å²) in [7, 11) is -3.36. The maximum absolute atomic E-state index is 12.3. The molecule has 0 aromatic heterocycles. The van der Waals surface area contributed by atoms with Gasteiger partial charge in [-0.3, -0.25) is 4.79 Å². The molecule has 1 amide bonds. The van der Waals surface area contributed by atoms with Crippen LogP contribution >= 0.6 is 0 Å². The van der Waals surface area contributed by atoms with E-state index in [0.29, 0.717) is 18.0 Å². The normalized spacial score (nSPS) is 20.4. The van der Waals surface area contributed by atoms with Gasteiger partial charge < -0.3 is 10.2 Å². The molecule has 7 heteroatoms. The summed E-state index contributed by atoms with van der Waals surface area (Å²) in [4.78, 5) is 14.0. The Balaban J connectivity index is 2.13. The molecule has 0 bridgehead atoms. The molecule has 2 aliphatic rings. The molecule has 116 valence electrons. The lowest BCUT2D eigenvalue weighted by molar-refractivity contribution is -0.118. The first-order valence-electron chi connectivity index (χ1n) is 7.04. The number of nitrogens with one attached hydrogen (secondary N) is 1. The van der Waals surface area contributed by atoms with Crippen molar-refractivity contribution in [2.75, 3.05) is 12.3 Å². The smallest absolute Gasteiger partial charge is 0.256 e. The van der Waals surface area contributed by atoms with Crippen molar-refractivity contribution in [2.24, 2.45) is 4.40 Å². The standard InChI is InChI=1S/C14H21N3O3S/c1-4-7-14(2,3)15-13(18)11-5-6-12-16-21(19,20)9-8-17(12)10-11/h5-6,10H,4,7-9H2,1-3H3,(H,15,18). The van der Waals surface area contributed by atoms with Crippen LogP contribution in [0.2, 0.25) is 0 Å². The van der Waals surface area contributed by atoms with Gasteiger partial charge in [-0.2, -0.15) is 0 Å². The van der Waals surface area contributed by atoms with Crippen molar-refractivity contribution in [3.8, 4) is 0 Å². The lowest BCUT2D eigenvalue weighted by Gasteiger charge is -2.29. The average molecular weight is 311 g/mol. The number of nitrogens with zero attached hydrogens (tertiary/aromatic N) is 2. The van der Waals surface area contributed by atoms with Crippen LogP contribution in [0, 0.1) is 0 Å². The first-order valence-corrected chi connectivity index (χ1v) is 8.65. The van der Waals surface area contributed by atoms with Crippen LogP contribution in [0.3, 0.4) is 0 Å². The zero-order valence-corrected chi connectivity index (χ0v) is 13.4. The quantitative estimate of drug-likeness (QED) is 0.845. The number of hydrogen-bond donors (Lipinski definition) is 1. The summed E-state index contributed by atoms with van der Waals surface area (Å²) in [6, 6.07) is 0. The molecule has 0 spiro atoms. The van der Waals surface area contributed by atoms with Crippen molar-refractivity contribution in [3.05, 3.63) is 23.9 Å². The van der Waals surface area contributed by atoms with Gasteiger partial charge in [-0.1, -0.05) is 13.3 Å². The molecule has 2 rings (SSSR count). The zero-order chi connectivity index (χ0) is 15.7. The van der Waals surface area contributed by atoms with E-state index in [0.717, 1.165) is 12.8 Å². The second-order valence-electron chi connectivity index (χ2n) is 5.93. The summed E-state index contributed by atoms with van der Waals surface area (Å²) in [5, 5.41) is 3.00. The molecule has 2 aliphatic heterocycles. The monoisotopic (exact) mass is 311 g/mol. The Morgan fingerprint density at radius 2 is 2.14 bits per heavy atom. The van der Waals surface area contributed by atoms with E-state index in [4.69, 9.17) is 0 Å². The Morgan fingerprint density at radius 1 is 1.43 bits per heavy atom. The van der Waals surface area contributed by atoms with Gasteiger partial charge in [-0.15, -0.1) is 4.40 Å². The van der Waals surface area contributed by atoms with Gasteiger partial charge in [0.2, 0.25) is 0 Å². The average Bonchev–Trinajstić information content (AvgIpc) is 2.36. The first-order chi connectivity index (χ1) is 9.72. The fraction of sp³-hybridized carbons (Fsp3) is 0.571. The van der Waals surface area contributed by atoms with Crippen molar-refractivity contribution in [1.29, 1.82) is 0 Å². The van der Waals surface area contributed by atoms with E-state index in [2.05, 4.69) is 16.6 Å². The largest absolute Gasteiger partial charge is 0.347 e. The van der Waals surface area contributed by atoms with E-state index in [1.807, 2.05) is 13.8 Å². The molecule has 21 heavy (non-hydrogen) atoms. The third-order valence-corrected chi connectivity index (χ3v) is 4.58. The van der Waals surface area contributed by atoms with Crippen LogP contribution < -0.4 is 5.32 Å². The molecule has 0 unspecified atom stereocenters. The maximum Gasteiger partial charge on any atom is 0.256 e. The summed E-state index contributed by atoms with van der Waals surface area (Å²) in [5.74, 6) is 0.180. The van der Waals surface area contributed by atoms with Gasteiger partial charge >= 0.3 is 0 Å². The topological polar surface area (TPSA) is 78.8 Å². The van der Waals surface area contributed by atoms with Gasteiger partial charge in [-0.25, -0.2) is 8.42 Å². The maximum atomic E-state index is 12.3. The Morgan fingerprint density at radius 3 is 2.81 bits per heavy atom. The van der Waals surface area contributed by atoms with E-state index >= 15 is 0 Å². The second kappa shape index (κ2) is 5.63. The van der Waals surface area contributed by atoms with Crippen molar-refractivity contribution >= 4 is 21.8 Å². The SMILES string of the molecule is CCCC(C)(C)NC(=O)C1=CN2CCS(=O)(=O)N=C2C=C1. The summed E-state index contributed by atoms with van der Waals surface area (Å²) >= 11 is 0. The highest BCUT2D eigenvalue weighted by Gasteiger charge is 2.26. The van der Waals surface area contributed by atoms with Gasteiger partial charge in [-0.05, 0) is 32.4 Å². The molecule has 0 aromatic rings. The summed E-state index contributed by atoms with van der Waals surface area (Å²) < 4.78 is 26.6. The van der Waals surface area contributed by atoms with Crippen LogP contribution in [0.15, 0.2) is 28.3 Å². The van der Waals surface area contributed by atoms with Crippen molar-refractivity contribution < 1.29 is 13.2 Å². The van der Waals surface area contributed by atoms with Gasteiger partial charge in [0.15, 0.2) is 0 Å².